The number of hydrogen-bond donors (Lipinski definition) is 1. The van der Waals surface area contributed by atoms with Crippen molar-refractivity contribution in [2.45, 2.75) is 64.0 Å². The zero-order valence-electron chi connectivity index (χ0n) is 16.2. The fourth-order valence-electron chi connectivity index (χ4n) is 2.59. The second-order valence-corrected chi connectivity index (χ2v) is 7.22. The molecule has 0 amide bonds. The first kappa shape index (κ1) is 24.2. The summed E-state index contributed by atoms with van der Waals surface area (Å²) in [4.78, 5) is 46.0. The molecule has 0 bridgehead atoms. The maximum absolute atomic E-state index is 11.6. The van der Waals surface area contributed by atoms with Crippen molar-refractivity contribution in [1.29, 1.82) is 0 Å². The van der Waals surface area contributed by atoms with Gasteiger partial charge in [0.1, 0.15) is 18.1 Å². The van der Waals surface area contributed by atoms with Crippen LogP contribution in [0.3, 0.4) is 0 Å². The van der Waals surface area contributed by atoms with Gasteiger partial charge in [-0.25, -0.2) is 0 Å². The molecule has 0 aliphatic carbocycles. The summed E-state index contributed by atoms with van der Waals surface area (Å²) in [5.41, 5.74) is -0.799. The lowest BCUT2D eigenvalue weighted by Crippen LogP contribution is -2.61. The highest BCUT2D eigenvalue weighted by Gasteiger charge is 2.52. The van der Waals surface area contributed by atoms with Gasteiger partial charge in [0.25, 0.3) is 0 Å². The van der Waals surface area contributed by atoms with Crippen molar-refractivity contribution >= 4 is 35.6 Å². The lowest BCUT2D eigenvalue weighted by molar-refractivity contribution is -0.237. The Morgan fingerprint density at radius 3 is 1.89 bits per heavy atom. The molecule has 1 fully saturated rings. The van der Waals surface area contributed by atoms with Crippen molar-refractivity contribution < 1.29 is 48.0 Å². The normalized spacial score (nSPS) is 26.8. The van der Waals surface area contributed by atoms with Gasteiger partial charge in [0, 0.05) is 34.3 Å². The van der Waals surface area contributed by atoms with Gasteiger partial charge < -0.3 is 28.8 Å². The summed E-state index contributed by atoms with van der Waals surface area (Å²) in [6, 6.07) is 0. The van der Waals surface area contributed by atoms with E-state index in [0.29, 0.717) is 12.2 Å². The Hall–Kier alpha value is -1.85. The van der Waals surface area contributed by atoms with Gasteiger partial charge in [-0.05, 0) is 12.2 Å². The van der Waals surface area contributed by atoms with Gasteiger partial charge in [0.15, 0.2) is 18.3 Å². The van der Waals surface area contributed by atoms with Crippen LogP contribution in [-0.2, 0) is 42.9 Å². The van der Waals surface area contributed by atoms with E-state index < -0.39 is 53.7 Å². The molecule has 1 saturated heterocycles. The van der Waals surface area contributed by atoms with E-state index in [9.17, 15) is 19.2 Å². The van der Waals surface area contributed by atoms with E-state index in [4.69, 9.17) is 28.8 Å². The highest BCUT2D eigenvalue weighted by molar-refractivity contribution is 7.99. The van der Waals surface area contributed by atoms with Crippen LogP contribution in [0.2, 0.25) is 0 Å². The summed E-state index contributed by atoms with van der Waals surface area (Å²) in [6.45, 7) is 4.43. The highest BCUT2D eigenvalue weighted by atomic mass is 32.2. The molecular weight excluding hydrogens is 396 g/mol. The number of carbonyl (C=O) groups excluding carboxylic acids is 4. The van der Waals surface area contributed by atoms with Crippen molar-refractivity contribution in [2.24, 2.45) is 0 Å². The van der Waals surface area contributed by atoms with E-state index in [1.165, 1.54) is 32.5 Å². The van der Waals surface area contributed by atoms with E-state index in [-0.39, 0.29) is 13.2 Å². The fourth-order valence-corrected chi connectivity index (χ4v) is 3.74. The second-order valence-electron chi connectivity index (χ2n) is 6.02. The third kappa shape index (κ3) is 8.03. The Balaban J connectivity index is 3.21. The molecule has 160 valence electrons. The number of ether oxygens (including phenoxy) is 5. The van der Waals surface area contributed by atoms with E-state index in [1.54, 1.807) is 0 Å². The first-order valence-electron chi connectivity index (χ1n) is 8.68. The minimum Gasteiger partial charge on any atom is -0.463 e. The van der Waals surface area contributed by atoms with Crippen LogP contribution < -0.4 is 0 Å². The van der Waals surface area contributed by atoms with Crippen molar-refractivity contribution in [2.75, 3.05) is 19.0 Å². The predicted octanol–water partition coefficient (Wildman–Crippen LogP) is 0.185. The van der Waals surface area contributed by atoms with E-state index >= 15 is 0 Å². The summed E-state index contributed by atoms with van der Waals surface area (Å²) < 4.78 is 26.8. The van der Waals surface area contributed by atoms with E-state index in [0.717, 1.165) is 6.92 Å². The van der Waals surface area contributed by atoms with Crippen LogP contribution >= 0.6 is 11.8 Å². The average molecular weight is 422 g/mol. The Labute approximate surface area is 167 Å². The molecule has 5 atom stereocenters. The molecule has 1 aliphatic heterocycles. The smallest absolute Gasteiger partial charge is 0.303 e. The van der Waals surface area contributed by atoms with Gasteiger partial charge in [-0.2, -0.15) is 0 Å². The van der Waals surface area contributed by atoms with Crippen LogP contribution in [0.1, 0.15) is 34.1 Å². The van der Waals surface area contributed by atoms with E-state index in [1.807, 2.05) is 0 Å². The maximum atomic E-state index is 11.6. The van der Waals surface area contributed by atoms with Crippen LogP contribution in [0.4, 0.5) is 0 Å². The van der Waals surface area contributed by atoms with Gasteiger partial charge in [-0.3, -0.25) is 19.2 Å². The number of hydrogen-bond acceptors (Lipinski definition) is 11. The van der Waals surface area contributed by atoms with Gasteiger partial charge in [0.05, 0.1) is 0 Å². The molecule has 2 unspecified atom stereocenters. The zero-order valence-corrected chi connectivity index (χ0v) is 17.1. The molecule has 28 heavy (non-hydrogen) atoms. The fraction of sp³-hybridized carbons (Fsp3) is 0.765. The van der Waals surface area contributed by atoms with Gasteiger partial charge >= 0.3 is 23.9 Å². The van der Waals surface area contributed by atoms with Crippen molar-refractivity contribution in [3.8, 4) is 0 Å². The lowest BCUT2D eigenvalue weighted by Gasteiger charge is -2.44. The number of thioether (sulfide) groups is 1. The molecule has 0 aromatic heterocycles. The van der Waals surface area contributed by atoms with Crippen LogP contribution in [0, 0.1) is 0 Å². The van der Waals surface area contributed by atoms with Gasteiger partial charge in [0.2, 0.25) is 0 Å². The third-order valence-corrected chi connectivity index (χ3v) is 4.77. The molecule has 1 N–H and O–H groups in total. The summed E-state index contributed by atoms with van der Waals surface area (Å²) in [5, 5.41) is 8.99. The molecule has 1 rings (SSSR count). The number of esters is 4. The summed E-state index contributed by atoms with van der Waals surface area (Å²) in [7, 11) is 0. The molecule has 10 nitrogen and oxygen atoms in total. The second kappa shape index (κ2) is 11.9. The lowest BCUT2D eigenvalue weighted by atomic mass is 9.99. The van der Waals surface area contributed by atoms with Crippen LogP contribution in [0.5, 0.6) is 0 Å². The quantitative estimate of drug-likeness (QED) is 0.310. The molecule has 0 saturated carbocycles. The Morgan fingerprint density at radius 1 is 0.857 bits per heavy atom. The summed E-state index contributed by atoms with van der Waals surface area (Å²) >= 11 is 1.23. The van der Waals surface area contributed by atoms with Crippen molar-refractivity contribution in [1.82, 2.24) is 0 Å². The minimum atomic E-state index is -1.16. The summed E-state index contributed by atoms with van der Waals surface area (Å²) in [6.07, 6.45) is -3.87. The summed E-state index contributed by atoms with van der Waals surface area (Å²) in [5.74, 6) is -2.10. The Kier molecular flexibility index (Phi) is 10.3. The van der Waals surface area contributed by atoms with Gasteiger partial charge in [-0.15, -0.1) is 11.8 Å². The van der Waals surface area contributed by atoms with Crippen LogP contribution in [-0.4, -0.2) is 77.8 Å². The number of aliphatic hydroxyl groups is 1. The molecule has 0 spiro atoms. The molecule has 0 radical (unpaired) electrons. The topological polar surface area (TPSA) is 135 Å². The van der Waals surface area contributed by atoms with Crippen LogP contribution in [0.25, 0.3) is 0 Å². The van der Waals surface area contributed by atoms with E-state index in [2.05, 4.69) is 0 Å². The van der Waals surface area contributed by atoms with Gasteiger partial charge in [-0.1, -0.05) is 0 Å². The third-order valence-electron chi connectivity index (χ3n) is 3.53. The number of rotatable bonds is 9. The standard InChI is InChI=1S/C17H26O10S/c1-9(19)23-8-13-14(24-10(2)20)15(25-11(3)21)16(26-12(4)22)17(27-13)28-7-5-6-18/h13-18H,5-8H2,1-4H3/t13?,14-,15-,16?,17-/m0/s1. The highest BCUT2D eigenvalue weighted by Crippen LogP contribution is 2.34. The Morgan fingerprint density at radius 2 is 1.39 bits per heavy atom. The number of aliphatic hydroxyl groups excluding tert-OH is 1. The number of carbonyl (C=O) groups is 4. The average Bonchev–Trinajstić information content (AvgIpc) is 2.57. The molecule has 0 aromatic carbocycles. The SMILES string of the molecule is CC(=O)OCC1O[C@@H](SCCCO)C(OC(C)=O)[C@@H](OC(C)=O)[C@H]1OC(C)=O. The molecule has 11 heteroatoms. The molecule has 1 heterocycles. The largest absolute Gasteiger partial charge is 0.463 e. The molecule has 1 aliphatic rings. The first-order chi connectivity index (χ1) is 13.1. The minimum absolute atomic E-state index is 0.0434. The monoisotopic (exact) mass is 422 g/mol. The van der Waals surface area contributed by atoms with Crippen LogP contribution in [0.15, 0.2) is 0 Å². The van der Waals surface area contributed by atoms with Crippen molar-refractivity contribution in [3.63, 3.8) is 0 Å². The molecular formula is C17H26O10S. The molecule has 0 aromatic rings. The first-order valence-corrected chi connectivity index (χ1v) is 9.73. The zero-order chi connectivity index (χ0) is 21.3. The predicted molar refractivity (Wildman–Crippen MR) is 96.1 cm³/mol. The Bertz CT molecular complexity index is 566. The van der Waals surface area contributed by atoms with Crippen molar-refractivity contribution in [3.05, 3.63) is 0 Å². The maximum Gasteiger partial charge on any atom is 0.303 e.